The van der Waals surface area contributed by atoms with Crippen LogP contribution in [0.15, 0.2) is 23.4 Å². The SMILES string of the molecule is Cc1cc(S(=O)(=O)N2CCC(c3nccn3C)CC2)c(C)s1. The van der Waals surface area contributed by atoms with Crippen molar-refractivity contribution in [3.63, 3.8) is 0 Å². The minimum absolute atomic E-state index is 0.344. The molecule has 1 aliphatic heterocycles. The molecule has 3 rings (SSSR count). The topological polar surface area (TPSA) is 55.2 Å². The molecule has 0 atom stereocenters. The van der Waals surface area contributed by atoms with Crippen molar-refractivity contribution in [3.8, 4) is 0 Å². The van der Waals surface area contributed by atoms with Gasteiger partial charge in [0, 0.05) is 48.2 Å². The van der Waals surface area contributed by atoms with E-state index in [1.807, 2.05) is 31.7 Å². The molecule has 1 fully saturated rings. The Labute approximate surface area is 135 Å². The van der Waals surface area contributed by atoms with E-state index in [0.717, 1.165) is 28.4 Å². The Kier molecular flexibility index (Phi) is 4.13. The molecule has 2 aromatic rings. The van der Waals surface area contributed by atoms with Gasteiger partial charge in [-0.25, -0.2) is 13.4 Å². The Balaban J connectivity index is 1.76. The lowest BCUT2D eigenvalue weighted by Crippen LogP contribution is -2.38. The Morgan fingerprint density at radius 3 is 2.45 bits per heavy atom. The highest BCUT2D eigenvalue weighted by Crippen LogP contribution is 2.32. The third kappa shape index (κ3) is 2.73. The molecular weight excluding hydrogens is 318 g/mol. The monoisotopic (exact) mass is 339 g/mol. The zero-order valence-electron chi connectivity index (χ0n) is 13.1. The fourth-order valence-corrected chi connectivity index (χ4v) is 6.12. The molecular formula is C15H21N3O2S2. The van der Waals surface area contributed by atoms with Gasteiger partial charge in [-0.2, -0.15) is 4.31 Å². The van der Waals surface area contributed by atoms with E-state index in [2.05, 4.69) is 4.98 Å². The van der Waals surface area contributed by atoms with E-state index in [0.29, 0.717) is 23.9 Å². The molecule has 1 aliphatic rings. The average Bonchev–Trinajstić information content (AvgIpc) is 3.05. The molecule has 7 heteroatoms. The van der Waals surface area contributed by atoms with Gasteiger partial charge >= 0.3 is 0 Å². The number of aryl methyl sites for hydroxylation is 3. The second-order valence-corrected chi connectivity index (χ2v) is 9.22. The number of sulfonamides is 1. The summed E-state index contributed by atoms with van der Waals surface area (Å²) in [6, 6.07) is 1.79. The Bertz CT molecular complexity index is 769. The molecule has 3 heterocycles. The summed E-state index contributed by atoms with van der Waals surface area (Å²) in [5.41, 5.74) is 0. The van der Waals surface area contributed by atoms with Gasteiger partial charge in [-0.1, -0.05) is 0 Å². The van der Waals surface area contributed by atoms with Crippen molar-refractivity contribution in [3.05, 3.63) is 34.0 Å². The van der Waals surface area contributed by atoms with E-state index in [9.17, 15) is 8.42 Å². The number of hydrogen-bond donors (Lipinski definition) is 0. The van der Waals surface area contributed by atoms with Crippen LogP contribution < -0.4 is 0 Å². The molecule has 0 unspecified atom stereocenters. The Hall–Kier alpha value is -1.18. The zero-order chi connectivity index (χ0) is 15.9. The molecule has 0 bridgehead atoms. The number of thiophene rings is 1. The first-order valence-electron chi connectivity index (χ1n) is 7.44. The van der Waals surface area contributed by atoms with Crippen LogP contribution in [0.2, 0.25) is 0 Å². The number of hydrogen-bond acceptors (Lipinski definition) is 4. The summed E-state index contributed by atoms with van der Waals surface area (Å²) in [5, 5.41) is 0. The van der Waals surface area contributed by atoms with Crippen LogP contribution in [-0.4, -0.2) is 35.4 Å². The summed E-state index contributed by atoms with van der Waals surface area (Å²) >= 11 is 1.54. The van der Waals surface area contributed by atoms with Gasteiger partial charge in [-0.3, -0.25) is 0 Å². The predicted molar refractivity (Wildman–Crippen MR) is 87.7 cm³/mol. The highest BCUT2D eigenvalue weighted by molar-refractivity contribution is 7.89. The standard InChI is InChI=1S/C15H21N3O2S2/c1-11-10-14(12(2)21-11)22(19,20)18-7-4-13(5-8-18)15-16-6-9-17(15)3/h6,9-10,13H,4-5,7-8H2,1-3H3. The molecule has 0 radical (unpaired) electrons. The van der Waals surface area contributed by atoms with Crippen LogP contribution in [-0.2, 0) is 17.1 Å². The summed E-state index contributed by atoms with van der Waals surface area (Å²) < 4.78 is 29.2. The first kappa shape index (κ1) is 15.7. The van der Waals surface area contributed by atoms with E-state index >= 15 is 0 Å². The highest BCUT2D eigenvalue weighted by atomic mass is 32.2. The maximum Gasteiger partial charge on any atom is 0.244 e. The van der Waals surface area contributed by atoms with Gasteiger partial charge in [0.2, 0.25) is 10.0 Å². The lowest BCUT2D eigenvalue weighted by molar-refractivity contribution is 0.311. The fraction of sp³-hybridized carbons (Fsp3) is 0.533. The van der Waals surface area contributed by atoms with Crippen LogP contribution in [0.5, 0.6) is 0 Å². The largest absolute Gasteiger partial charge is 0.338 e. The summed E-state index contributed by atoms with van der Waals surface area (Å²) in [7, 11) is -1.37. The zero-order valence-corrected chi connectivity index (χ0v) is 14.7. The molecule has 1 saturated heterocycles. The van der Waals surface area contributed by atoms with Gasteiger partial charge in [0.25, 0.3) is 0 Å². The van der Waals surface area contributed by atoms with Gasteiger partial charge in [0.05, 0.1) is 4.90 Å². The Morgan fingerprint density at radius 1 is 1.27 bits per heavy atom. The molecule has 0 saturated carbocycles. The maximum absolute atomic E-state index is 12.8. The molecule has 120 valence electrons. The summed E-state index contributed by atoms with van der Waals surface area (Å²) in [4.78, 5) is 6.80. The van der Waals surface area contributed by atoms with E-state index in [4.69, 9.17) is 0 Å². The first-order chi connectivity index (χ1) is 10.4. The van der Waals surface area contributed by atoms with Crippen LogP contribution in [0.3, 0.4) is 0 Å². The van der Waals surface area contributed by atoms with E-state index in [1.54, 1.807) is 27.9 Å². The van der Waals surface area contributed by atoms with E-state index in [1.165, 1.54) is 0 Å². The number of piperidine rings is 1. The van der Waals surface area contributed by atoms with Gasteiger partial charge < -0.3 is 4.57 Å². The summed E-state index contributed by atoms with van der Waals surface area (Å²) in [6.45, 7) is 4.96. The summed E-state index contributed by atoms with van der Waals surface area (Å²) in [5.74, 6) is 1.40. The van der Waals surface area contributed by atoms with Gasteiger partial charge in [0.15, 0.2) is 0 Å². The average molecular weight is 339 g/mol. The van der Waals surface area contributed by atoms with Gasteiger partial charge in [-0.05, 0) is 32.8 Å². The van der Waals surface area contributed by atoms with Crippen molar-refractivity contribution in [2.75, 3.05) is 13.1 Å². The number of imidazole rings is 1. The molecule has 5 nitrogen and oxygen atoms in total. The van der Waals surface area contributed by atoms with Crippen LogP contribution in [0.25, 0.3) is 0 Å². The highest BCUT2D eigenvalue weighted by Gasteiger charge is 2.32. The molecule has 2 aromatic heterocycles. The Morgan fingerprint density at radius 2 is 1.95 bits per heavy atom. The molecule has 22 heavy (non-hydrogen) atoms. The molecule has 0 N–H and O–H groups in total. The quantitative estimate of drug-likeness (QED) is 0.864. The number of rotatable bonds is 3. The maximum atomic E-state index is 12.8. The van der Waals surface area contributed by atoms with E-state index in [-0.39, 0.29) is 0 Å². The third-order valence-corrected chi connectivity index (χ3v) is 7.41. The van der Waals surface area contributed by atoms with Gasteiger partial charge in [-0.15, -0.1) is 11.3 Å². The van der Waals surface area contributed by atoms with Crippen molar-refractivity contribution in [1.29, 1.82) is 0 Å². The normalized spacial score (nSPS) is 18.0. The second kappa shape index (κ2) is 5.79. The van der Waals surface area contributed by atoms with Crippen molar-refractivity contribution in [2.24, 2.45) is 7.05 Å². The van der Waals surface area contributed by atoms with Crippen molar-refractivity contribution in [1.82, 2.24) is 13.9 Å². The lowest BCUT2D eigenvalue weighted by atomic mass is 9.97. The van der Waals surface area contributed by atoms with Crippen LogP contribution >= 0.6 is 11.3 Å². The smallest absolute Gasteiger partial charge is 0.244 e. The minimum atomic E-state index is -3.36. The van der Waals surface area contributed by atoms with Crippen LogP contribution in [0.4, 0.5) is 0 Å². The third-order valence-electron chi connectivity index (χ3n) is 4.29. The van der Waals surface area contributed by atoms with Crippen LogP contribution in [0.1, 0.15) is 34.3 Å². The van der Waals surface area contributed by atoms with Crippen molar-refractivity contribution >= 4 is 21.4 Å². The molecule has 0 aliphatic carbocycles. The molecule has 0 aromatic carbocycles. The van der Waals surface area contributed by atoms with Crippen LogP contribution in [0, 0.1) is 13.8 Å². The number of aromatic nitrogens is 2. The minimum Gasteiger partial charge on any atom is -0.338 e. The lowest BCUT2D eigenvalue weighted by Gasteiger charge is -2.30. The summed E-state index contributed by atoms with van der Waals surface area (Å²) in [6.07, 6.45) is 5.39. The predicted octanol–water partition coefficient (Wildman–Crippen LogP) is 2.67. The molecule has 0 amide bonds. The second-order valence-electron chi connectivity index (χ2n) is 5.85. The van der Waals surface area contributed by atoms with Crippen molar-refractivity contribution < 1.29 is 8.42 Å². The fourth-order valence-electron chi connectivity index (χ4n) is 3.13. The molecule has 0 spiro atoms. The van der Waals surface area contributed by atoms with Crippen molar-refractivity contribution in [2.45, 2.75) is 37.5 Å². The number of nitrogens with zero attached hydrogens (tertiary/aromatic N) is 3. The van der Waals surface area contributed by atoms with Gasteiger partial charge in [0.1, 0.15) is 5.82 Å². The first-order valence-corrected chi connectivity index (χ1v) is 9.69. The van der Waals surface area contributed by atoms with E-state index < -0.39 is 10.0 Å².